The Morgan fingerprint density at radius 3 is 2.32 bits per heavy atom. The van der Waals surface area contributed by atoms with E-state index in [1.807, 2.05) is 7.05 Å². The van der Waals surface area contributed by atoms with E-state index >= 15 is 0 Å². The molecule has 3 heteroatoms. The number of aryl methyl sites for hydroxylation is 1. The second kappa shape index (κ2) is 6.36. The first kappa shape index (κ1) is 14.3. The molecule has 0 amide bonds. The molecule has 2 rings (SSSR count). The van der Waals surface area contributed by atoms with Crippen molar-refractivity contribution in [2.75, 3.05) is 12.4 Å². The summed E-state index contributed by atoms with van der Waals surface area (Å²) >= 11 is 0. The van der Waals surface area contributed by atoms with Crippen molar-refractivity contribution in [2.24, 2.45) is 5.92 Å². The van der Waals surface area contributed by atoms with Gasteiger partial charge in [0.1, 0.15) is 11.6 Å². The molecule has 1 fully saturated rings. The summed E-state index contributed by atoms with van der Waals surface area (Å²) in [5, 5.41) is 3.22. The molecule has 1 heterocycles. The van der Waals surface area contributed by atoms with Gasteiger partial charge in [-0.3, -0.25) is 0 Å². The van der Waals surface area contributed by atoms with Crippen molar-refractivity contribution < 1.29 is 0 Å². The first-order chi connectivity index (χ1) is 9.19. The van der Waals surface area contributed by atoms with E-state index in [0.717, 1.165) is 24.0 Å². The van der Waals surface area contributed by atoms with Crippen molar-refractivity contribution in [1.29, 1.82) is 0 Å². The molecule has 0 aromatic carbocycles. The average molecular weight is 261 g/mol. The molecule has 106 valence electrons. The standard InChI is InChI=1S/C16H27N3/c1-5-12-7-9-13(10-8-12)16-18-14(6-2)11(3)15(17-4)19-16/h12-13H,5-10H2,1-4H3,(H,17,18,19). The summed E-state index contributed by atoms with van der Waals surface area (Å²) < 4.78 is 0. The lowest BCUT2D eigenvalue weighted by molar-refractivity contribution is 0.312. The minimum atomic E-state index is 0.570. The van der Waals surface area contributed by atoms with E-state index in [2.05, 4.69) is 26.1 Å². The highest BCUT2D eigenvalue weighted by molar-refractivity contribution is 5.45. The van der Waals surface area contributed by atoms with Crippen molar-refractivity contribution in [3.05, 3.63) is 17.1 Å². The molecule has 1 aliphatic rings. The number of rotatable bonds is 4. The van der Waals surface area contributed by atoms with Gasteiger partial charge in [0.25, 0.3) is 0 Å². The molecule has 3 nitrogen and oxygen atoms in total. The van der Waals surface area contributed by atoms with Gasteiger partial charge in [-0.15, -0.1) is 0 Å². The molecule has 1 saturated carbocycles. The fourth-order valence-electron chi connectivity index (χ4n) is 3.18. The molecule has 0 spiro atoms. The Bertz CT molecular complexity index is 395. The largest absolute Gasteiger partial charge is 0.373 e. The van der Waals surface area contributed by atoms with Crippen LogP contribution < -0.4 is 5.32 Å². The van der Waals surface area contributed by atoms with Crippen LogP contribution in [0.2, 0.25) is 0 Å². The number of nitrogens with zero attached hydrogens (tertiary/aromatic N) is 2. The summed E-state index contributed by atoms with van der Waals surface area (Å²) in [6.07, 6.45) is 7.51. The molecule has 0 aliphatic heterocycles. The Balaban J connectivity index is 2.20. The highest BCUT2D eigenvalue weighted by Gasteiger charge is 2.24. The fraction of sp³-hybridized carbons (Fsp3) is 0.750. The van der Waals surface area contributed by atoms with E-state index in [0.29, 0.717) is 5.92 Å². The van der Waals surface area contributed by atoms with E-state index in [4.69, 9.17) is 9.97 Å². The van der Waals surface area contributed by atoms with Crippen molar-refractivity contribution in [1.82, 2.24) is 9.97 Å². The van der Waals surface area contributed by atoms with E-state index in [9.17, 15) is 0 Å². The van der Waals surface area contributed by atoms with Crippen molar-refractivity contribution in [2.45, 2.75) is 65.2 Å². The van der Waals surface area contributed by atoms with Gasteiger partial charge >= 0.3 is 0 Å². The first-order valence-electron chi connectivity index (χ1n) is 7.74. The zero-order chi connectivity index (χ0) is 13.8. The van der Waals surface area contributed by atoms with Crippen molar-refractivity contribution >= 4 is 5.82 Å². The van der Waals surface area contributed by atoms with Gasteiger partial charge in [0.15, 0.2) is 0 Å². The number of aromatic nitrogens is 2. The summed E-state index contributed by atoms with van der Waals surface area (Å²) in [5.74, 6) is 3.58. The monoisotopic (exact) mass is 261 g/mol. The van der Waals surface area contributed by atoms with Gasteiger partial charge in [-0.25, -0.2) is 9.97 Å². The van der Waals surface area contributed by atoms with Crippen LogP contribution in [0, 0.1) is 12.8 Å². The zero-order valence-corrected chi connectivity index (χ0v) is 12.8. The highest BCUT2D eigenvalue weighted by atomic mass is 15.0. The van der Waals surface area contributed by atoms with Crippen LogP contribution in [0.15, 0.2) is 0 Å². The smallest absolute Gasteiger partial charge is 0.134 e. The molecule has 1 N–H and O–H groups in total. The molecule has 19 heavy (non-hydrogen) atoms. The van der Waals surface area contributed by atoms with Gasteiger partial charge in [-0.2, -0.15) is 0 Å². The van der Waals surface area contributed by atoms with E-state index in [1.165, 1.54) is 43.4 Å². The van der Waals surface area contributed by atoms with Gasteiger partial charge in [-0.05, 0) is 44.9 Å². The number of anilines is 1. The quantitative estimate of drug-likeness (QED) is 0.887. The zero-order valence-electron chi connectivity index (χ0n) is 12.8. The highest BCUT2D eigenvalue weighted by Crippen LogP contribution is 2.36. The predicted octanol–water partition coefficient (Wildman–Crippen LogP) is 4.07. The van der Waals surface area contributed by atoms with E-state index in [1.54, 1.807) is 0 Å². The second-order valence-electron chi connectivity index (χ2n) is 5.73. The van der Waals surface area contributed by atoms with Crippen molar-refractivity contribution in [3.63, 3.8) is 0 Å². The fourth-order valence-corrected chi connectivity index (χ4v) is 3.18. The van der Waals surface area contributed by atoms with Crippen LogP contribution in [0.1, 0.15) is 69.0 Å². The average Bonchev–Trinajstić information content (AvgIpc) is 2.47. The van der Waals surface area contributed by atoms with Crippen LogP contribution in [0.5, 0.6) is 0 Å². The molecule has 0 atom stereocenters. The third-order valence-corrected chi connectivity index (χ3v) is 4.62. The lowest BCUT2D eigenvalue weighted by Gasteiger charge is -2.27. The predicted molar refractivity (Wildman–Crippen MR) is 80.7 cm³/mol. The normalized spacial score (nSPS) is 23.4. The third-order valence-electron chi connectivity index (χ3n) is 4.62. The summed E-state index contributed by atoms with van der Waals surface area (Å²) in [7, 11) is 1.95. The Morgan fingerprint density at radius 1 is 1.11 bits per heavy atom. The maximum absolute atomic E-state index is 4.82. The van der Waals surface area contributed by atoms with Crippen LogP contribution in [0.4, 0.5) is 5.82 Å². The van der Waals surface area contributed by atoms with Crippen LogP contribution in [0.3, 0.4) is 0 Å². The van der Waals surface area contributed by atoms with E-state index in [-0.39, 0.29) is 0 Å². The molecule has 0 saturated heterocycles. The summed E-state index contributed by atoms with van der Waals surface area (Å²) in [6, 6.07) is 0. The number of hydrogen-bond acceptors (Lipinski definition) is 3. The van der Waals surface area contributed by atoms with Crippen LogP contribution in [-0.2, 0) is 6.42 Å². The molecule has 1 aromatic rings. The Labute approximate surface area is 117 Å². The van der Waals surface area contributed by atoms with Gasteiger partial charge in [0.05, 0.1) is 0 Å². The maximum Gasteiger partial charge on any atom is 0.134 e. The van der Waals surface area contributed by atoms with Crippen molar-refractivity contribution in [3.8, 4) is 0 Å². The molecule has 0 radical (unpaired) electrons. The molecular formula is C16H27N3. The first-order valence-corrected chi connectivity index (χ1v) is 7.74. The topological polar surface area (TPSA) is 37.8 Å². The lowest BCUT2D eigenvalue weighted by Crippen LogP contribution is -2.17. The molecule has 1 aromatic heterocycles. The third kappa shape index (κ3) is 3.07. The molecule has 0 unspecified atom stereocenters. The van der Waals surface area contributed by atoms with Crippen LogP contribution in [-0.4, -0.2) is 17.0 Å². The van der Waals surface area contributed by atoms with Gasteiger partial charge in [0.2, 0.25) is 0 Å². The van der Waals surface area contributed by atoms with Gasteiger partial charge in [0, 0.05) is 24.2 Å². The summed E-state index contributed by atoms with van der Waals surface area (Å²) in [5.41, 5.74) is 2.41. The lowest BCUT2D eigenvalue weighted by atomic mass is 9.80. The van der Waals surface area contributed by atoms with Gasteiger partial charge < -0.3 is 5.32 Å². The van der Waals surface area contributed by atoms with Crippen LogP contribution >= 0.6 is 0 Å². The minimum absolute atomic E-state index is 0.570. The number of hydrogen-bond donors (Lipinski definition) is 1. The number of nitrogens with one attached hydrogen (secondary N) is 1. The Hall–Kier alpha value is -1.12. The Kier molecular flexibility index (Phi) is 4.78. The molecule has 0 bridgehead atoms. The second-order valence-corrected chi connectivity index (χ2v) is 5.73. The Morgan fingerprint density at radius 2 is 1.79 bits per heavy atom. The van der Waals surface area contributed by atoms with Crippen LogP contribution in [0.25, 0.3) is 0 Å². The summed E-state index contributed by atoms with van der Waals surface area (Å²) in [4.78, 5) is 9.57. The minimum Gasteiger partial charge on any atom is -0.373 e. The van der Waals surface area contributed by atoms with E-state index < -0.39 is 0 Å². The molecule has 1 aliphatic carbocycles. The van der Waals surface area contributed by atoms with Gasteiger partial charge in [-0.1, -0.05) is 20.3 Å². The SMILES string of the molecule is CCc1nc(C2CCC(CC)CC2)nc(NC)c1C. The molecular weight excluding hydrogens is 234 g/mol. The summed E-state index contributed by atoms with van der Waals surface area (Å²) in [6.45, 7) is 6.59. The maximum atomic E-state index is 4.82.